The van der Waals surface area contributed by atoms with Gasteiger partial charge in [-0.3, -0.25) is 0 Å². The number of aliphatic hydroxyl groups is 1. The van der Waals surface area contributed by atoms with Crippen LogP contribution < -0.4 is 4.74 Å². The summed E-state index contributed by atoms with van der Waals surface area (Å²) < 4.78 is 5.34. The van der Waals surface area contributed by atoms with Gasteiger partial charge < -0.3 is 9.84 Å². The maximum atomic E-state index is 10.1. The van der Waals surface area contributed by atoms with Crippen LogP contribution >= 0.6 is 0 Å². The van der Waals surface area contributed by atoms with Crippen molar-refractivity contribution in [1.29, 1.82) is 0 Å². The van der Waals surface area contributed by atoms with E-state index in [1.54, 1.807) is 20.1 Å². The van der Waals surface area contributed by atoms with Gasteiger partial charge in [-0.05, 0) is 35.6 Å². The smallest absolute Gasteiger partial charge is 0.147 e. The molecule has 0 aliphatic rings. The third-order valence-corrected chi connectivity index (χ3v) is 2.85. The number of benzene rings is 1. The Morgan fingerprint density at radius 3 is 2.24 bits per heavy atom. The quantitative estimate of drug-likeness (QED) is 0.794. The number of methoxy groups -OCH3 is 1. The molecule has 0 aliphatic carbocycles. The summed E-state index contributed by atoms with van der Waals surface area (Å²) in [7, 11) is 1.64. The Bertz CT molecular complexity index is 445. The lowest BCUT2D eigenvalue weighted by Crippen LogP contribution is -2.20. The standard InChI is InChI=1S/C15H20O2/c1-7-15(5,16)11-8-9-13(17-6)12(10-11)14(2,3)4/h1,8-10,16H,2-6H3. The van der Waals surface area contributed by atoms with Crippen LogP contribution in [0.2, 0.25) is 0 Å². The van der Waals surface area contributed by atoms with Gasteiger partial charge >= 0.3 is 0 Å². The minimum absolute atomic E-state index is 0.0635. The average molecular weight is 232 g/mol. The molecule has 0 spiro atoms. The first kappa shape index (κ1) is 13.6. The summed E-state index contributed by atoms with van der Waals surface area (Å²) in [6.07, 6.45) is 5.34. The fourth-order valence-corrected chi connectivity index (χ4v) is 1.68. The molecule has 0 aromatic heterocycles. The van der Waals surface area contributed by atoms with Gasteiger partial charge in [0.1, 0.15) is 11.4 Å². The predicted molar refractivity (Wildman–Crippen MR) is 70.1 cm³/mol. The zero-order chi connectivity index (χ0) is 13.3. The Balaban J connectivity index is 3.39. The second kappa shape index (κ2) is 4.43. The third kappa shape index (κ3) is 2.81. The Morgan fingerprint density at radius 2 is 1.82 bits per heavy atom. The number of hydrogen-bond acceptors (Lipinski definition) is 2. The molecule has 92 valence electrons. The van der Waals surface area contributed by atoms with Crippen LogP contribution in [0.25, 0.3) is 0 Å². The van der Waals surface area contributed by atoms with Crippen molar-refractivity contribution in [3.63, 3.8) is 0 Å². The molecule has 0 fully saturated rings. The molecule has 1 atom stereocenters. The second-order valence-electron chi connectivity index (χ2n) is 5.38. The Labute approximate surface area is 104 Å². The molecule has 0 radical (unpaired) electrons. The second-order valence-corrected chi connectivity index (χ2v) is 5.38. The molecule has 0 bridgehead atoms. The lowest BCUT2D eigenvalue weighted by atomic mass is 9.83. The molecule has 1 rings (SSSR count). The zero-order valence-corrected chi connectivity index (χ0v) is 11.2. The maximum absolute atomic E-state index is 10.1. The fraction of sp³-hybridized carbons (Fsp3) is 0.467. The largest absolute Gasteiger partial charge is 0.496 e. The van der Waals surface area contributed by atoms with E-state index in [1.807, 2.05) is 12.1 Å². The predicted octanol–water partition coefficient (Wildman–Crippen LogP) is 2.83. The SMILES string of the molecule is C#CC(C)(O)c1ccc(OC)c(C(C)(C)C)c1. The van der Waals surface area contributed by atoms with Crippen molar-refractivity contribution in [2.24, 2.45) is 0 Å². The minimum Gasteiger partial charge on any atom is -0.496 e. The van der Waals surface area contributed by atoms with Gasteiger partial charge in [-0.2, -0.15) is 0 Å². The van der Waals surface area contributed by atoms with E-state index in [2.05, 4.69) is 26.7 Å². The van der Waals surface area contributed by atoms with Crippen molar-refractivity contribution < 1.29 is 9.84 Å². The molecule has 0 amide bonds. The molecule has 0 aliphatic heterocycles. The molecule has 0 saturated carbocycles. The highest BCUT2D eigenvalue weighted by Crippen LogP contribution is 2.34. The fourth-order valence-electron chi connectivity index (χ4n) is 1.68. The molecule has 0 heterocycles. The van der Waals surface area contributed by atoms with Gasteiger partial charge in [0.25, 0.3) is 0 Å². The highest BCUT2D eigenvalue weighted by Gasteiger charge is 2.25. The number of ether oxygens (including phenoxy) is 1. The molecule has 17 heavy (non-hydrogen) atoms. The summed E-state index contributed by atoms with van der Waals surface area (Å²) in [6, 6.07) is 5.56. The minimum atomic E-state index is -1.24. The summed E-state index contributed by atoms with van der Waals surface area (Å²) in [5.74, 6) is 3.20. The first-order chi connectivity index (χ1) is 7.72. The molecule has 1 aromatic carbocycles. The molecular formula is C15H20O2. The lowest BCUT2D eigenvalue weighted by Gasteiger charge is -2.25. The maximum Gasteiger partial charge on any atom is 0.147 e. The van der Waals surface area contributed by atoms with E-state index in [0.717, 1.165) is 11.3 Å². The lowest BCUT2D eigenvalue weighted by molar-refractivity contribution is 0.122. The van der Waals surface area contributed by atoms with Gasteiger partial charge in [0.05, 0.1) is 7.11 Å². The molecule has 0 saturated heterocycles. The van der Waals surface area contributed by atoms with Gasteiger partial charge in [0.15, 0.2) is 0 Å². The van der Waals surface area contributed by atoms with Gasteiger partial charge in [0, 0.05) is 0 Å². The molecule has 2 heteroatoms. The van der Waals surface area contributed by atoms with E-state index in [1.165, 1.54) is 0 Å². The first-order valence-corrected chi connectivity index (χ1v) is 5.61. The summed E-state index contributed by atoms with van der Waals surface area (Å²) in [5, 5.41) is 10.1. The van der Waals surface area contributed by atoms with Crippen LogP contribution in [-0.4, -0.2) is 12.2 Å². The monoisotopic (exact) mass is 232 g/mol. The highest BCUT2D eigenvalue weighted by atomic mass is 16.5. The van der Waals surface area contributed by atoms with Crippen LogP contribution in [0, 0.1) is 12.3 Å². The number of hydrogen-bond donors (Lipinski definition) is 1. The van der Waals surface area contributed by atoms with Crippen LogP contribution in [-0.2, 0) is 11.0 Å². The zero-order valence-electron chi connectivity index (χ0n) is 11.2. The van der Waals surface area contributed by atoms with E-state index in [-0.39, 0.29) is 5.41 Å². The molecule has 1 unspecified atom stereocenters. The molecular weight excluding hydrogens is 212 g/mol. The summed E-state index contributed by atoms with van der Waals surface area (Å²) >= 11 is 0. The van der Waals surface area contributed by atoms with Crippen LogP contribution in [0.5, 0.6) is 5.75 Å². The van der Waals surface area contributed by atoms with Crippen LogP contribution in [0.15, 0.2) is 18.2 Å². The van der Waals surface area contributed by atoms with Crippen molar-refractivity contribution >= 4 is 0 Å². The van der Waals surface area contributed by atoms with Gasteiger partial charge in [0.2, 0.25) is 0 Å². The van der Waals surface area contributed by atoms with Crippen molar-refractivity contribution in [2.75, 3.05) is 7.11 Å². The highest BCUT2D eigenvalue weighted by molar-refractivity contribution is 5.44. The Morgan fingerprint density at radius 1 is 1.24 bits per heavy atom. The van der Waals surface area contributed by atoms with Crippen molar-refractivity contribution in [3.8, 4) is 18.1 Å². The van der Waals surface area contributed by atoms with Crippen LogP contribution in [0.1, 0.15) is 38.8 Å². The summed E-state index contributed by atoms with van der Waals surface area (Å²) in [5.41, 5.74) is 0.442. The normalized spacial score (nSPS) is 14.9. The van der Waals surface area contributed by atoms with Gasteiger partial charge in [-0.1, -0.05) is 32.8 Å². The van der Waals surface area contributed by atoms with Crippen molar-refractivity contribution in [2.45, 2.75) is 38.7 Å². The molecule has 1 N–H and O–H groups in total. The average Bonchev–Trinajstić information content (AvgIpc) is 2.27. The topological polar surface area (TPSA) is 29.5 Å². The van der Waals surface area contributed by atoms with E-state index >= 15 is 0 Å². The van der Waals surface area contributed by atoms with Crippen molar-refractivity contribution in [1.82, 2.24) is 0 Å². The van der Waals surface area contributed by atoms with Gasteiger partial charge in [-0.15, -0.1) is 6.42 Å². The van der Waals surface area contributed by atoms with Crippen molar-refractivity contribution in [3.05, 3.63) is 29.3 Å². The number of terminal acetylenes is 1. The van der Waals surface area contributed by atoms with Crippen LogP contribution in [0.3, 0.4) is 0 Å². The Hall–Kier alpha value is -1.46. The number of rotatable bonds is 2. The van der Waals surface area contributed by atoms with Gasteiger partial charge in [-0.25, -0.2) is 0 Å². The Kier molecular flexibility index (Phi) is 3.54. The van der Waals surface area contributed by atoms with E-state index in [4.69, 9.17) is 11.2 Å². The third-order valence-electron chi connectivity index (χ3n) is 2.85. The van der Waals surface area contributed by atoms with E-state index < -0.39 is 5.60 Å². The van der Waals surface area contributed by atoms with E-state index in [9.17, 15) is 5.11 Å². The first-order valence-electron chi connectivity index (χ1n) is 5.61. The molecule has 1 aromatic rings. The molecule has 2 nitrogen and oxygen atoms in total. The van der Waals surface area contributed by atoms with Crippen LogP contribution in [0.4, 0.5) is 0 Å². The summed E-state index contributed by atoms with van der Waals surface area (Å²) in [4.78, 5) is 0. The summed E-state index contributed by atoms with van der Waals surface area (Å²) in [6.45, 7) is 7.90. The van der Waals surface area contributed by atoms with E-state index in [0.29, 0.717) is 5.56 Å².